The van der Waals surface area contributed by atoms with E-state index in [9.17, 15) is 14.4 Å². The fraction of sp³-hybridized carbons (Fsp3) is 0.667. The maximum absolute atomic E-state index is 13.5. The van der Waals surface area contributed by atoms with Crippen molar-refractivity contribution in [2.75, 3.05) is 19.8 Å². The van der Waals surface area contributed by atoms with Gasteiger partial charge in [0, 0.05) is 12.6 Å². The number of nitrogens with one attached hydrogen (secondary N) is 1. The van der Waals surface area contributed by atoms with Gasteiger partial charge in [-0.05, 0) is 56.9 Å². The number of amides is 1. The van der Waals surface area contributed by atoms with Crippen LogP contribution in [0.1, 0.15) is 58.9 Å². The van der Waals surface area contributed by atoms with Crippen LogP contribution in [0.3, 0.4) is 0 Å². The third-order valence-electron chi connectivity index (χ3n) is 6.91. The van der Waals surface area contributed by atoms with E-state index in [1.54, 1.807) is 11.8 Å². The molecule has 7 heteroatoms. The maximum atomic E-state index is 13.5. The molecular weight excluding hydrogens is 432 g/mol. The number of nitrogens with zero attached hydrogens (tertiary/aromatic N) is 1. The van der Waals surface area contributed by atoms with E-state index < -0.39 is 18.0 Å². The Morgan fingerprint density at radius 3 is 2.50 bits per heavy atom. The van der Waals surface area contributed by atoms with Crippen LogP contribution in [0.25, 0.3) is 0 Å². The molecule has 2 fully saturated rings. The molecule has 1 amide bonds. The lowest BCUT2D eigenvalue weighted by atomic mass is 9.99. The Balaban J connectivity index is 1.66. The summed E-state index contributed by atoms with van der Waals surface area (Å²) in [4.78, 5) is 40.8. The smallest absolute Gasteiger partial charge is 0.328 e. The lowest BCUT2D eigenvalue weighted by Gasteiger charge is -2.32. The Hall–Kier alpha value is -2.41. The number of benzene rings is 1. The molecule has 2 aliphatic rings. The molecular formula is C27H40N2O5. The monoisotopic (exact) mass is 472 g/mol. The number of carbonyl (C=O) groups excluding carboxylic acids is 3. The fourth-order valence-corrected chi connectivity index (χ4v) is 5.19. The Morgan fingerprint density at radius 1 is 1.09 bits per heavy atom. The van der Waals surface area contributed by atoms with Crippen LogP contribution in [0.15, 0.2) is 30.3 Å². The summed E-state index contributed by atoms with van der Waals surface area (Å²) in [5.74, 6) is -0.453. The molecule has 1 saturated carbocycles. The summed E-state index contributed by atoms with van der Waals surface area (Å²) in [6, 6.07) is 8.86. The van der Waals surface area contributed by atoms with Gasteiger partial charge in [0.2, 0.25) is 5.91 Å². The molecule has 1 heterocycles. The highest BCUT2D eigenvalue weighted by atomic mass is 16.5. The van der Waals surface area contributed by atoms with Gasteiger partial charge in [0.15, 0.2) is 0 Å². The normalized spacial score (nSPS) is 23.4. The van der Waals surface area contributed by atoms with Crippen molar-refractivity contribution in [1.29, 1.82) is 0 Å². The Morgan fingerprint density at radius 2 is 1.82 bits per heavy atom. The largest absolute Gasteiger partial charge is 0.466 e. The van der Waals surface area contributed by atoms with E-state index in [4.69, 9.17) is 9.47 Å². The van der Waals surface area contributed by atoms with Gasteiger partial charge in [0.05, 0.1) is 25.2 Å². The highest BCUT2D eigenvalue weighted by Gasteiger charge is 2.50. The first-order valence-electron chi connectivity index (χ1n) is 12.7. The molecule has 0 radical (unpaired) electrons. The molecule has 34 heavy (non-hydrogen) atoms. The van der Waals surface area contributed by atoms with Crippen molar-refractivity contribution in [3.8, 4) is 0 Å². The predicted molar refractivity (Wildman–Crippen MR) is 130 cm³/mol. The predicted octanol–water partition coefficient (Wildman–Crippen LogP) is 3.36. The van der Waals surface area contributed by atoms with Gasteiger partial charge in [-0.3, -0.25) is 9.59 Å². The van der Waals surface area contributed by atoms with E-state index >= 15 is 0 Å². The van der Waals surface area contributed by atoms with Gasteiger partial charge >= 0.3 is 11.9 Å². The molecule has 0 bridgehead atoms. The standard InChI is InChI=1S/C27H40N2O5/c1-5-33-26(31)22(14-20-10-7-6-8-11-20)16-28-19(4)25(30)29-23-13-9-12-21(23)15-24(29)27(32)34-17-18(2)3/h6-8,10-11,18-19,21-24,28H,5,9,12-17H2,1-4H3/t19-,21-,22-,23-,24-/m0/s1. The first-order valence-corrected chi connectivity index (χ1v) is 12.7. The van der Waals surface area contributed by atoms with E-state index in [2.05, 4.69) is 5.32 Å². The quantitative estimate of drug-likeness (QED) is 0.497. The molecule has 5 atom stereocenters. The minimum Gasteiger partial charge on any atom is -0.466 e. The summed E-state index contributed by atoms with van der Waals surface area (Å²) in [5, 5.41) is 3.26. The van der Waals surface area contributed by atoms with Crippen molar-refractivity contribution in [3.05, 3.63) is 35.9 Å². The number of likely N-dealkylation sites (tertiary alicyclic amines) is 1. The van der Waals surface area contributed by atoms with Gasteiger partial charge in [-0.2, -0.15) is 0 Å². The van der Waals surface area contributed by atoms with E-state index in [-0.39, 0.29) is 29.8 Å². The summed E-state index contributed by atoms with van der Waals surface area (Å²) in [7, 11) is 0. The molecule has 0 spiro atoms. The molecule has 1 aliphatic heterocycles. The topological polar surface area (TPSA) is 84.9 Å². The van der Waals surface area contributed by atoms with Crippen LogP contribution in [-0.2, 0) is 30.3 Å². The number of rotatable bonds is 11. The Bertz CT molecular complexity index is 828. The van der Waals surface area contributed by atoms with Crippen molar-refractivity contribution in [3.63, 3.8) is 0 Å². The van der Waals surface area contributed by atoms with Gasteiger partial charge in [-0.15, -0.1) is 0 Å². The van der Waals surface area contributed by atoms with Crippen LogP contribution < -0.4 is 5.32 Å². The molecule has 1 N–H and O–H groups in total. The zero-order valence-corrected chi connectivity index (χ0v) is 21.0. The van der Waals surface area contributed by atoms with E-state index in [1.165, 1.54) is 0 Å². The molecule has 0 aromatic heterocycles. The first-order chi connectivity index (χ1) is 16.3. The zero-order chi connectivity index (χ0) is 24.7. The van der Waals surface area contributed by atoms with Crippen LogP contribution in [0.5, 0.6) is 0 Å². The second-order valence-corrected chi connectivity index (χ2v) is 10.0. The summed E-state index contributed by atoms with van der Waals surface area (Å²) >= 11 is 0. The van der Waals surface area contributed by atoms with Gasteiger partial charge in [0.25, 0.3) is 0 Å². The lowest BCUT2D eigenvalue weighted by molar-refractivity contribution is -0.156. The molecule has 1 aromatic carbocycles. The molecule has 0 unspecified atom stereocenters. The summed E-state index contributed by atoms with van der Waals surface area (Å²) < 4.78 is 10.8. The molecule has 1 aromatic rings. The van der Waals surface area contributed by atoms with Crippen LogP contribution >= 0.6 is 0 Å². The van der Waals surface area contributed by atoms with E-state index in [0.717, 1.165) is 24.8 Å². The van der Waals surface area contributed by atoms with Crippen LogP contribution in [0.4, 0.5) is 0 Å². The van der Waals surface area contributed by atoms with E-state index in [0.29, 0.717) is 38.5 Å². The first kappa shape index (κ1) is 26.2. The van der Waals surface area contributed by atoms with Crippen LogP contribution in [0.2, 0.25) is 0 Å². The van der Waals surface area contributed by atoms with Crippen LogP contribution in [0, 0.1) is 17.8 Å². The highest BCUT2D eigenvalue weighted by Crippen LogP contribution is 2.42. The fourth-order valence-electron chi connectivity index (χ4n) is 5.19. The zero-order valence-electron chi connectivity index (χ0n) is 21.0. The Kier molecular flexibility index (Phi) is 9.51. The van der Waals surface area contributed by atoms with Crippen molar-refractivity contribution in [2.24, 2.45) is 17.8 Å². The molecule has 3 rings (SSSR count). The van der Waals surface area contributed by atoms with Crippen LogP contribution in [-0.4, -0.2) is 60.6 Å². The Labute approximate surface area is 203 Å². The molecule has 7 nitrogen and oxygen atoms in total. The average Bonchev–Trinajstić information content (AvgIpc) is 3.41. The second kappa shape index (κ2) is 12.3. The number of carbonyl (C=O) groups is 3. The second-order valence-electron chi connectivity index (χ2n) is 10.0. The summed E-state index contributed by atoms with van der Waals surface area (Å²) in [5.41, 5.74) is 1.04. The van der Waals surface area contributed by atoms with Crippen molar-refractivity contribution in [2.45, 2.75) is 77.9 Å². The average molecular weight is 473 g/mol. The third-order valence-corrected chi connectivity index (χ3v) is 6.91. The molecule has 188 valence electrons. The summed E-state index contributed by atoms with van der Waals surface area (Å²) in [6.45, 7) is 8.61. The highest BCUT2D eigenvalue weighted by molar-refractivity contribution is 5.88. The van der Waals surface area contributed by atoms with Gasteiger partial charge in [-0.25, -0.2) is 4.79 Å². The molecule has 1 saturated heterocycles. The SMILES string of the molecule is CCOC(=O)[C@H](CN[C@@H](C)C(=O)N1[C@H](C(=O)OCC(C)C)C[C@@H]2CCC[C@@H]21)Cc1ccccc1. The number of fused-ring (bicyclic) bond motifs is 1. The lowest BCUT2D eigenvalue weighted by Crippen LogP contribution is -2.53. The number of hydrogen-bond acceptors (Lipinski definition) is 6. The maximum Gasteiger partial charge on any atom is 0.328 e. The summed E-state index contributed by atoms with van der Waals surface area (Å²) in [6.07, 6.45) is 4.27. The number of esters is 2. The van der Waals surface area contributed by atoms with Crippen molar-refractivity contribution < 1.29 is 23.9 Å². The number of ether oxygens (including phenoxy) is 2. The number of hydrogen-bond donors (Lipinski definition) is 1. The van der Waals surface area contributed by atoms with Crippen molar-refractivity contribution in [1.82, 2.24) is 10.2 Å². The molecule has 1 aliphatic carbocycles. The van der Waals surface area contributed by atoms with Gasteiger partial charge in [0.1, 0.15) is 6.04 Å². The minimum absolute atomic E-state index is 0.0942. The third kappa shape index (κ3) is 6.59. The van der Waals surface area contributed by atoms with E-state index in [1.807, 2.05) is 51.1 Å². The van der Waals surface area contributed by atoms with Gasteiger partial charge in [-0.1, -0.05) is 50.6 Å². The minimum atomic E-state index is -0.521. The van der Waals surface area contributed by atoms with Crippen molar-refractivity contribution >= 4 is 17.8 Å². The van der Waals surface area contributed by atoms with Gasteiger partial charge < -0.3 is 19.7 Å².